The lowest BCUT2D eigenvalue weighted by molar-refractivity contribution is 0.599. The molecule has 6 nitrogen and oxygen atoms in total. The minimum absolute atomic E-state index is 0.0437. The Hall–Kier alpha value is -2.74. The largest absolute Gasteiger partial charge is 0.367 e. The molecule has 148 valence electrons. The Morgan fingerprint density at radius 1 is 0.893 bits per heavy atom. The van der Waals surface area contributed by atoms with E-state index in [0.29, 0.717) is 23.4 Å². The fourth-order valence-electron chi connectivity index (χ4n) is 2.75. The van der Waals surface area contributed by atoms with Crippen molar-refractivity contribution in [1.29, 1.82) is 0 Å². The van der Waals surface area contributed by atoms with E-state index in [-0.39, 0.29) is 10.7 Å². The Balaban J connectivity index is 1.88. The van der Waals surface area contributed by atoms with Gasteiger partial charge in [-0.3, -0.25) is 4.72 Å². The fraction of sp³-hybridized carbons (Fsp3) is 0.300. The van der Waals surface area contributed by atoms with E-state index < -0.39 is 15.8 Å². The molecule has 0 amide bonds. The maximum Gasteiger partial charge on any atom is 0.263 e. The van der Waals surface area contributed by atoms with Gasteiger partial charge in [-0.1, -0.05) is 38.3 Å². The van der Waals surface area contributed by atoms with Crippen molar-refractivity contribution >= 4 is 32.7 Å². The number of nitrogens with zero attached hydrogens (tertiary/aromatic N) is 2. The maximum atomic E-state index is 13.1. The third-order valence-corrected chi connectivity index (χ3v) is 5.60. The number of aromatic nitrogens is 2. The van der Waals surface area contributed by atoms with Gasteiger partial charge in [-0.2, -0.15) is 0 Å². The van der Waals surface area contributed by atoms with Crippen LogP contribution in [0.15, 0.2) is 53.4 Å². The van der Waals surface area contributed by atoms with Crippen LogP contribution >= 0.6 is 0 Å². The van der Waals surface area contributed by atoms with Crippen LogP contribution in [0.1, 0.15) is 32.6 Å². The molecule has 1 heterocycles. The molecular weight excluding hydrogens is 379 g/mol. The van der Waals surface area contributed by atoms with Gasteiger partial charge in [0.05, 0.1) is 15.9 Å². The molecule has 0 saturated heterocycles. The number of para-hydroxylation sites is 2. The lowest BCUT2D eigenvalue weighted by atomic mass is 10.2. The molecule has 0 saturated carbocycles. The van der Waals surface area contributed by atoms with Crippen LogP contribution in [0.3, 0.4) is 0 Å². The molecule has 8 heteroatoms. The summed E-state index contributed by atoms with van der Waals surface area (Å²) in [4.78, 5) is 8.91. The maximum absolute atomic E-state index is 13.1. The van der Waals surface area contributed by atoms with Crippen molar-refractivity contribution in [2.45, 2.75) is 37.5 Å². The van der Waals surface area contributed by atoms with E-state index in [9.17, 15) is 12.8 Å². The SMILES string of the molecule is CCCCCCNc1nc2ccccc2nc1NS(=O)(=O)c1ccc(F)cc1. The molecule has 1 aromatic heterocycles. The van der Waals surface area contributed by atoms with Crippen molar-refractivity contribution in [2.24, 2.45) is 0 Å². The smallest absolute Gasteiger partial charge is 0.263 e. The molecule has 2 aromatic carbocycles. The first-order valence-electron chi connectivity index (χ1n) is 9.28. The predicted octanol–water partition coefficient (Wildman–Crippen LogP) is 4.56. The second-order valence-corrected chi connectivity index (χ2v) is 8.14. The highest BCUT2D eigenvalue weighted by Gasteiger charge is 2.18. The highest BCUT2D eigenvalue weighted by atomic mass is 32.2. The van der Waals surface area contributed by atoms with Crippen molar-refractivity contribution in [1.82, 2.24) is 9.97 Å². The zero-order valence-electron chi connectivity index (χ0n) is 15.7. The Kier molecular flexibility index (Phi) is 6.41. The molecule has 0 bridgehead atoms. The second-order valence-electron chi connectivity index (χ2n) is 6.46. The first-order valence-corrected chi connectivity index (χ1v) is 10.8. The molecular formula is C20H23FN4O2S. The minimum Gasteiger partial charge on any atom is -0.367 e. The number of unbranched alkanes of at least 4 members (excludes halogenated alkanes) is 3. The average molecular weight is 402 g/mol. The molecule has 0 fully saturated rings. The number of sulfonamides is 1. The van der Waals surface area contributed by atoms with Gasteiger partial charge in [0.2, 0.25) is 0 Å². The van der Waals surface area contributed by atoms with Crippen LogP contribution < -0.4 is 10.0 Å². The summed E-state index contributed by atoms with van der Waals surface area (Å²) in [6, 6.07) is 11.9. The number of benzene rings is 2. The molecule has 2 N–H and O–H groups in total. The molecule has 0 unspecified atom stereocenters. The molecule has 0 atom stereocenters. The van der Waals surface area contributed by atoms with Crippen molar-refractivity contribution < 1.29 is 12.8 Å². The zero-order valence-corrected chi connectivity index (χ0v) is 16.5. The molecule has 0 aliphatic carbocycles. The van der Waals surface area contributed by atoms with Gasteiger partial charge in [-0.05, 0) is 42.8 Å². The van der Waals surface area contributed by atoms with Crippen LogP contribution in [0.5, 0.6) is 0 Å². The molecule has 28 heavy (non-hydrogen) atoms. The van der Waals surface area contributed by atoms with Gasteiger partial charge in [0.1, 0.15) is 5.82 Å². The van der Waals surface area contributed by atoms with Gasteiger partial charge in [-0.25, -0.2) is 22.8 Å². The van der Waals surface area contributed by atoms with Crippen molar-refractivity contribution in [2.75, 3.05) is 16.6 Å². The average Bonchev–Trinajstić information content (AvgIpc) is 2.68. The highest BCUT2D eigenvalue weighted by Crippen LogP contribution is 2.24. The monoisotopic (exact) mass is 402 g/mol. The van der Waals surface area contributed by atoms with Crippen LogP contribution in [-0.4, -0.2) is 24.9 Å². The van der Waals surface area contributed by atoms with Crippen molar-refractivity contribution in [3.63, 3.8) is 0 Å². The first kappa shape index (κ1) is 20.0. The van der Waals surface area contributed by atoms with Crippen LogP contribution in [0, 0.1) is 5.82 Å². The van der Waals surface area contributed by atoms with Gasteiger partial charge in [0.25, 0.3) is 10.0 Å². The van der Waals surface area contributed by atoms with Crippen molar-refractivity contribution in [3.8, 4) is 0 Å². The number of fused-ring (bicyclic) bond motifs is 1. The fourth-order valence-corrected chi connectivity index (χ4v) is 3.76. The van der Waals surface area contributed by atoms with E-state index in [2.05, 4.69) is 26.9 Å². The summed E-state index contributed by atoms with van der Waals surface area (Å²) in [6.45, 7) is 2.81. The predicted molar refractivity (Wildman–Crippen MR) is 109 cm³/mol. The van der Waals surface area contributed by atoms with E-state index in [1.807, 2.05) is 18.2 Å². The molecule has 0 aliphatic heterocycles. The van der Waals surface area contributed by atoms with E-state index in [1.165, 1.54) is 12.1 Å². The summed E-state index contributed by atoms with van der Waals surface area (Å²) in [5.74, 6) is -0.00159. The van der Waals surface area contributed by atoms with Gasteiger partial charge in [0.15, 0.2) is 11.6 Å². The quantitative estimate of drug-likeness (QED) is 0.513. The molecule has 0 aliphatic rings. The van der Waals surface area contributed by atoms with E-state index >= 15 is 0 Å². The normalized spacial score (nSPS) is 11.5. The third-order valence-electron chi connectivity index (χ3n) is 4.25. The summed E-state index contributed by atoms with van der Waals surface area (Å²) < 4.78 is 41.0. The number of halogens is 1. The molecule has 0 radical (unpaired) electrons. The number of rotatable bonds is 9. The standard InChI is InChI=1S/C20H23FN4O2S/c1-2-3-4-7-14-22-19-20(24-18-9-6-5-8-17(18)23-19)25-28(26,27)16-12-10-15(21)11-13-16/h5-6,8-13H,2-4,7,14H2,1H3,(H,22,23)(H,24,25). The van der Waals surface area contributed by atoms with Gasteiger partial charge in [-0.15, -0.1) is 0 Å². The number of anilines is 2. The molecule has 3 aromatic rings. The number of hydrogen-bond acceptors (Lipinski definition) is 5. The summed E-state index contributed by atoms with van der Waals surface area (Å²) in [6.07, 6.45) is 4.32. The Bertz CT molecular complexity index is 1040. The van der Waals surface area contributed by atoms with E-state index in [4.69, 9.17) is 0 Å². The zero-order chi connectivity index (χ0) is 20.0. The summed E-state index contributed by atoms with van der Waals surface area (Å²) in [5.41, 5.74) is 1.25. The number of nitrogens with one attached hydrogen (secondary N) is 2. The topological polar surface area (TPSA) is 84.0 Å². The Morgan fingerprint density at radius 3 is 2.18 bits per heavy atom. The van der Waals surface area contributed by atoms with Crippen LogP contribution in [0.4, 0.5) is 16.0 Å². The lowest BCUT2D eigenvalue weighted by Crippen LogP contribution is -2.17. The highest BCUT2D eigenvalue weighted by molar-refractivity contribution is 7.92. The van der Waals surface area contributed by atoms with Crippen LogP contribution in [0.2, 0.25) is 0 Å². The summed E-state index contributed by atoms with van der Waals surface area (Å²) in [7, 11) is -3.92. The van der Waals surface area contributed by atoms with Gasteiger partial charge in [0, 0.05) is 6.54 Å². The molecule has 3 rings (SSSR count). The third kappa shape index (κ3) is 4.95. The van der Waals surface area contributed by atoms with E-state index in [1.54, 1.807) is 6.07 Å². The van der Waals surface area contributed by atoms with Crippen LogP contribution in [-0.2, 0) is 10.0 Å². The first-order chi connectivity index (χ1) is 13.5. The van der Waals surface area contributed by atoms with Crippen molar-refractivity contribution in [3.05, 3.63) is 54.3 Å². The van der Waals surface area contributed by atoms with E-state index in [0.717, 1.165) is 37.8 Å². The van der Waals surface area contributed by atoms with Gasteiger partial charge < -0.3 is 5.32 Å². The summed E-state index contributed by atoms with van der Waals surface area (Å²) >= 11 is 0. The lowest BCUT2D eigenvalue weighted by Gasteiger charge is -2.14. The number of hydrogen-bond donors (Lipinski definition) is 2. The Labute approximate surface area is 164 Å². The molecule has 0 spiro atoms. The Morgan fingerprint density at radius 2 is 1.54 bits per heavy atom. The second kappa shape index (κ2) is 8.97. The minimum atomic E-state index is -3.92. The van der Waals surface area contributed by atoms with Gasteiger partial charge >= 0.3 is 0 Å². The summed E-state index contributed by atoms with van der Waals surface area (Å²) in [5, 5.41) is 3.19. The van der Waals surface area contributed by atoms with Crippen LogP contribution in [0.25, 0.3) is 11.0 Å².